The molecule has 0 saturated carbocycles. The summed E-state index contributed by atoms with van der Waals surface area (Å²) in [6, 6.07) is 0.687. The molecule has 0 rings (SSSR count). The van der Waals surface area contributed by atoms with Crippen molar-refractivity contribution in [1.29, 1.82) is 0 Å². The van der Waals surface area contributed by atoms with E-state index in [1.165, 1.54) is 25.7 Å². The second-order valence-corrected chi connectivity index (χ2v) is 4.08. The molecule has 0 fully saturated rings. The van der Waals surface area contributed by atoms with Crippen LogP contribution in [0.5, 0.6) is 0 Å². The Kier molecular flexibility index (Phi) is 9.42. The van der Waals surface area contributed by atoms with Gasteiger partial charge in [0.05, 0.1) is 0 Å². The second kappa shape index (κ2) is 9.47. The van der Waals surface area contributed by atoms with Gasteiger partial charge in [-0.2, -0.15) is 0 Å². The second-order valence-electron chi connectivity index (χ2n) is 4.08. The molecule has 0 bridgehead atoms. The lowest BCUT2D eigenvalue weighted by Gasteiger charge is -2.23. The van der Waals surface area contributed by atoms with Crippen LogP contribution in [0.15, 0.2) is 0 Å². The molecule has 2 unspecified atom stereocenters. The molecule has 0 aromatic carbocycles. The van der Waals surface area contributed by atoms with Crippen molar-refractivity contribution in [2.75, 3.05) is 20.3 Å². The Morgan fingerprint density at radius 3 is 2.50 bits per heavy atom. The molecule has 0 radical (unpaired) electrons. The van der Waals surface area contributed by atoms with Crippen LogP contribution < -0.4 is 5.32 Å². The van der Waals surface area contributed by atoms with E-state index >= 15 is 0 Å². The summed E-state index contributed by atoms with van der Waals surface area (Å²) in [6.45, 7) is 8.86. The summed E-state index contributed by atoms with van der Waals surface area (Å²) in [6.07, 6.45) is 4.90. The number of ether oxygens (including phenoxy) is 1. The minimum absolute atomic E-state index is 0.687. The number of rotatable bonds is 9. The summed E-state index contributed by atoms with van der Waals surface area (Å²) in [7, 11) is 1.78. The highest BCUT2D eigenvalue weighted by Crippen LogP contribution is 2.13. The van der Waals surface area contributed by atoms with Gasteiger partial charge in [-0.15, -0.1) is 0 Å². The predicted octanol–water partition coefficient (Wildman–Crippen LogP) is 2.83. The van der Waals surface area contributed by atoms with Crippen molar-refractivity contribution in [2.24, 2.45) is 5.92 Å². The van der Waals surface area contributed by atoms with Gasteiger partial charge in [0.1, 0.15) is 0 Å². The molecule has 0 aliphatic carbocycles. The molecule has 2 nitrogen and oxygen atoms in total. The summed E-state index contributed by atoms with van der Waals surface area (Å²) in [5.41, 5.74) is 0. The Morgan fingerprint density at radius 2 is 2.00 bits per heavy atom. The third-order valence-corrected chi connectivity index (χ3v) is 2.79. The normalized spacial score (nSPS) is 15.4. The zero-order valence-electron chi connectivity index (χ0n) is 10.3. The van der Waals surface area contributed by atoms with Crippen LogP contribution in [0.25, 0.3) is 0 Å². The first-order valence-corrected chi connectivity index (χ1v) is 5.98. The fraction of sp³-hybridized carbons (Fsp3) is 1.00. The Hall–Kier alpha value is -0.0800. The lowest BCUT2D eigenvalue weighted by molar-refractivity contribution is 0.183. The molecule has 14 heavy (non-hydrogen) atoms. The summed E-state index contributed by atoms with van der Waals surface area (Å²) < 4.78 is 5.07. The fourth-order valence-electron chi connectivity index (χ4n) is 1.83. The average molecular weight is 201 g/mol. The van der Waals surface area contributed by atoms with Crippen LogP contribution in [0, 0.1) is 5.92 Å². The first kappa shape index (κ1) is 13.9. The highest BCUT2D eigenvalue weighted by Gasteiger charge is 2.13. The molecule has 1 N–H and O–H groups in total. The molecule has 0 spiro atoms. The maximum atomic E-state index is 5.07. The minimum atomic E-state index is 0.687. The fourth-order valence-corrected chi connectivity index (χ4v) is 1.83. The molecular weight excluding hydrogens is 174 g/mol. The van der Waals surface area contributed by atoms with Gasteiger partial charge in [0.15, 0.2) is 0 Å². The summed E-state index contributed by atoms with van der Waals surface area (Å²) in [4.78, 5) is 0. The van der Waals surface area contributed by atoms with Gasteiger partial charge < -0.3 is 10.1 Å². The van der Waals surface area contributed by atoms with Crippen molar-refractivity contribution in [1.82, 2.24) is 5.32 Å². The maximum Gasteiger partial charge on any atom is 0.0462 e. The van der Waals surface area contributed by atoms with Gasteiger partial charge in [0, 0.05) is 19.8 Å². The molecule has 0 aromatic rings. The Labute approximate surface area is 89.4 Å². The van der Waals surface area contributed by atoms with Gasteiger partial charge in [-0.25, -0.2) is 0 Å². The lowest BCUT2D eigenvalue weighted by atomic mass is 9.94. The van der Waals surface area contributed by atoms with Crippen LogP contribution in [0.1, 0.15) is 46.5 Å². The van der Waals surface area contributed by atoms with Crippen molar-refractivity contribution in [3.63, 3.8) is 0 Å². The number of hydrogen-bond donors (Lipinski definition) is 1. The highest BCUT2D eigenvalue weighted by atomic mass is 16.5. The maximum absolute atomic E-state index is 5.07. The molecule has 0 aliphatic rings. The Morgan fingerprint density at radius 1 is 1.29 bits per heavy atom. The molecule has 86 valence electrons. The van der Waals surface area contributed by atoms with Crippen molar-refractivity contribution in [3.8, 4) is 0 Å². The molecule has 2 heteroatoms. The molecular formula is C12H27NO. The largest absolute Gasteiger partial charge is 0.385 e. The van der Waals surface area contributed by atoms with Gasteiger partial charge in [0.2, 0.25) is 0 Å². The van der Waals surface area contributed by atoms with E-state index in [0.717, 1.165) is 19.1 Å². The Bertz CT molecular complexity index is 117. The quantitative estimate of drug-likeness (QED) is 0.579. The third kappa shape index (κ3) is 6.39. The number of nitrogens with one attached hydrogen (secondary N) is 1. The first-order valence-electron chi connectivity index (χ1n) is 5.98. The molecule has 0 aromatic heterocycles. The molecule has 0 amide bonds. The van der Waals surface area contributed by atoms with Crippen molar-refractivity contribution >= 4 is 0 Å². The van der Waals surface area contributed by atoms with Crippen molar-refractivity contribution < 1.29 is 4.74 Å². The lowest BCUT2D eigenvalue weighted by Crippen LogP contribution is -2.35. The highest BCUT2D eigenvalue weighted by molar-refractivity contribution is 4.71. The standard InChI is InChI=1S/C12H27NO/c1-5-9-13-12(6-2)11(3)8-7-10-14-4/h11-13H,5-10H2,1-4H3. The van der Waals surface area contributed by atoms with Crippen LogP contribution in [-0.4, -0.2) is 26.3 Å². The van der Waals surface area contributed by atoms with E-state index in [4.69, 9.17) is 4.74 Å². The van der Waals surface area contributed by atoms with E-state index < -0.39 is 0 Å². The van der Waals surface area contributed by atoms with E-state index in [9.17, 15) is 0 Å². The van der Waals surface area contributed by atoms with E-state index in [1.54, 1.807) is 7.11 Å². The first-order chi connectivity index (χ1) is 6.76. The van der Waals surface area contributed by atoms with Crippen molar-refractivity contribution in [3.05, 3.63) is 0 Å². The van der Waals surface area contributed by atoms with Crippen LogP contribution in [0.4, 0.5) is 0 Å². The Balaban J connectivity index is 3.61. The minimum Gasteiger partial charge on any atom is -0.385 e. The molecule has 2 atom stereocenters. The van der Waals surface area contributed by atoms with Gasteiger partial charge >= 0.3 is 0 Å². The van der Waals surface area contributed by atoms with Crippen molar-refractivity contribution in [2.45, 2.75) is 52.5 Å². The number of hydrogen-bond acceptors (Lipinski definition) is 2. The number of methoxy groups -OCH3 is 1. The third-order valence-electron chi connectivity index (χ3n) is 2.79. The molecule has 0 heterocycles. The monoisotopic (exact) mass is 201 g/mol. The molecule has 0 aliphatic heterocycles. The van der Waals surface area contributed by atoms with E-state index in [0.29, 0.717) is 6.04 Å². The average Bonchev–Trinajstić information content (AvgIpc) is 2.19. The van der Waals surface area contributed by atoms with E-state index in [-0.39, 0.29) is 0 Å². The van der Waals surface area contributed by atoms with E-state index in [1.807, 2.05) is 0 Å². The van der Waals surface area contributed by atoms with Crippen LogP contribution >= 0.6 is 0 Å². The topological polar surface area (TPSA) is 21.3 Å². The van der Waals surface area contributed by atoms with Crippen LogP contribution in [0.2, 0.25) is 0 Å². The van der Waals surface area contributed by atoms with Crippen LogP contribution in [0.3, 0.4) is 0 Å². The van der Waals surface area contributed by atoms with Crippen LogP contribution in [-0.2, 0) is 4.74 Å². The summed E-state index contributed by atoms with van der Waals surface area (Å²) in [5.74, 6) is 0.765. The van der Waals surface area contributed by atoms with E-state index in [2.05, 4.69) is 26.1 Å². The summed E-state index contributed by atoms with van der Waals surface area (Å²) in [5, 5.41) is 3.60. The SMILES string of the molecule is CCCNC(CC)C(C)CCCOC. The van der Waals surface area contributed by atoms with Gasteiger partial charge in [-0.1, -0.05) is 20.8 Å². The summed E-state index contributed by atoms with van der Waals surface area (Å²) >= 11 is 0. The van der Waals surface area contributed by atoms with Gasteiger partial charge in [-0.05, 0) is 38.1 Å². The van der Waals surface area contributed by atoms with Gasteiger partial charge in [0.25, 0.3) is 0 Å². The predicted molar refractivity (Wildman–Crippen MR) is 62.6 cm³/mol. The smallest absolute Gasteiger partial charge is 0.0462 e. The zero-order chi connectivity index (χ0) is 10.8. The zero-order valence-corrected chi connectivity index (χ0v) is 10.3. The van der Waals surface area contributed by atoms with Gasteiger partial charge in [-0.3, -0.25) is 0 Å². The molecule has 0 saturated heterocycles.